The van der Waals surface area contributed by atoms with Gasteiger partial charge < -0.3 is 10.6 Å². The number of anilines is 2. The number of para-hydroxylation sites is 1. The van der Waals surface area contributed by atoms with Gasteiger partial charge in [0.25, 0.3) is 5.91 Å². The first kappa shape index (κ1) is 21.8. The van der Waals surface area contributed by atoms with Gasteiger partial charge in [-0.1, -0.05) is 43.3 Å². The minimum atomic E-state index is -0.619. The number of carbonyl (C=O) groups is 2. The second kappa shape index (κ2) is 9.82. The maximum absolute atomic E-state index is 13.9. The predicted molar refractivity (Wildman–Crippen MR) is 122 cm³/mol. The molecule has 0 saturated heterocycles. The fraction of sp³-hybridized carbons (Fsp3) is 0.125. The monoisotopic (exact) mass is 444 g/mol. The summed E-state index contributed by atoms with van der Waals surface area (Å²) < 4.78 is 13.9. The van der Waals surface area contributed by atoms with E-state index in [-0.39, 0.29) is 23.8 Å². The Bertz CT molecular complexity index is 1290. The first-order chi connectivity index (χ1) is 16.0. The van der Waals surface area contributed by atoms with Crippen molar-refractivity contribution >= 4 is 23.2 Å². The van der Waals surface area contributed by atoms with Crippen molar-refractivity contribution < 1.29 is 14.0 Å². The van der Waals surface area contributed by atoms with Crippen molar-refractivity contribution in [3.8, 4) is 11.4 Å². The maximum atomic E-state index is 13.9. The van der Waals surface area contributed by atoms with E-state index in [0.29, 0.717) is 16.9 Å². The molecule has 4 rings (SSSR count). The first-order valence-corrected chi connectivity index (χ1v) is 10.4. The van der Waals surface area contributed by atoms with Crippen molar-refractivity contribution in [1.29, 1.82) is 0 Å². The van der Waals surface area contributed by atoms with E-state index in [0.717, 1.165) is 6.42 Å². The molecule has 2 N–H and O–H groups in total. The van der Waals surface area contributed by atoms with Gasteiger partial charge in [0, 0.05) is 11.3 Å². The van der Waals surface area contributed by atoms with Gasteiger partial charge in [0.05, 0.1) is 11.3 Å². The lowest BCUT2D eigenvalue weighted by Crippen LogP contribution is -2.20. The number of nitrogens with one attached hydrogen (secondary N) is 2. The van der Waals surface area contributed by atoms with Gasteiger partial charge in [0.1, 0.15) is 12.4 Å². The molecule has 9 heteroatoms. The Hall–Kier alpha value is -4.40. The Labute approximate surface area is 189 Å². The van der Waals surface area contributed by atoms with Gasteiger partial charge in [-0.05, 0) is 53.6 Å². The number of aryl methyl sites for hydroxylation is 1. The van der Waals surface area contributed by atoms with Crippen LogP contribution < -0.4 is 10.6 Å². The summed E-state index contributed by atoms with van der Waals surface area (Å²) in [5.74, 6) is -1.29. The fourth-order valence-electron chi connectivity index (χ4n) is 3.19. The number of tetrazole rings is 1. The van der Waals surface area contributed by atoms with Crippen LogP contribution in [0, 0.1) is 5.82 Å². The van der Waals surface area contributed by atoms with Crippen molar-refractivity contribution in [2.45, 2.75) is 19.9 Å². The van der Waals surface area contributed by atoms with Gasteiger partial charge in [0.2, 0.25) is 11.7 Å². The van der Waals surface area contributed by atoms with Crippen LogP contribution in [0.3, 0.4) is 0 Å². The molecule has 2 amide bonds. The standard InChI is InChI=1S/C24H21FN6O2/c1-2-16-11-13-17(14-12-16)26-22(32)15-31-29-23(28-30-31)19-8-4-6-10-21(19)27-24(33)18-7-3-5-9-20(18)25/h3-14H,2,15H2,1H3,(H,26,32)(H,27,33). The van der Waals surface area contributed by atoms with Crippen LogP contribution in [0.15, 0.2) is 72.8 Å². The van der Waals surface area contributed by atoms with E-state index in [9.17, 15) is 14.0 Å². The molecule has 1 heterocycles. The summed E-state index contributed by atoms with van der Waals surface area (Å²) in [5, 5.41) is 17.7. The molecule has 0 atom stereocenters. The normalized spacial score (nSPS) is 10.6. The summed E-state index contributed by atoms with van der Waals surface area (Å²) >= 11 is 0. The van der Waals surface area contributed by atoms with Crippen LogP contribution in [-0.4, -0.2) is 32.0 Å². The molecule has 0 aliphatic rings. The quantitative estimate of drug-likeness (QED) is 0.450. The highest BCUT2D eigenvalue weighted by atomic mass is 19.1. The molecule has 8 nitrogen and oxygen atoms in total. The predicted octanol–water partition coefficient (Wildman–Crippen LogP) is 3.93. The number of amides is 2. The van der Waals surface area contributed by atoms with E-state index in [4.69, 9.17) is 0 Å². The van der Waals surface area contributed by atoms with Gasteiger partial charge in [-0.25, -0.2) is 4.39 Å². The first-order valence-electron chi connectivity index (χ1n) is 10.4. The van der Waals surface area contributed by atoms with E-state index >= 15 is 0 Å². The Morgan fingerprint density at radius 2 is 1.67 bits per heavy atom. The van der Waals surface area contributed by atoms with E-state index in [1.807, 2.05) is 24.3 Å². The number of halogens is 1. The van der Waals surface area contributed by atoms with Crippen LogP contribution in [-0.2, 0) is 17.8 Å². The zero-order valence-corrected chi connectivity index (χ0v) is 17.8. The van der Waals surface area contributed by atoms with Gasteiger partial charge >= 0.3 is 0 Å². The summed E-state index contributed by atoms with van der Waals surface area (Å²) in [6, 6.07) is 20.1. The van der Waals surface area contributed by atoms with Crippen LogP contribution in [0.4, 0.5) is 15.8 Å². The lowest BCUT2D eigenvalue weighted by molar-refractivity contribution is -0.117. The van der Waals surface area contributed by atoms with Crippen LogP contribution in [0.25, 0.3) is 11.4 Å². The molecule has 4 aromatic rings. The lowest BCUT2D eigenvalue weighted by Gasteiger charge is -2.09. The smallest absolute Gasteiger partial charge is 0.258 e. The second-order valence-corrected chi connectivity index (χ2v) is 7.22. The van der Waals surface area contributed by atoms with E-state index in [1.165, 1.54) is 28.6 Å². The highest BCUT2D eigenvalue weighted by molar-refractivity contribution is 6.06. The third-order valence-corrected chi connectivity index (χ3v) is 4.92. The number of carbonyl (C=O) groups excluding carboxylic acids is 2. The topological polar surface area (TPSA) is 102 Å². The van der Waals surface area contributed by atoms with E-state index in [1.54, 1.807) is 30.3 Å². The minimum Gasteiger partial charge on any atom is -0.324 e. The molecule has 0 radical (unpaired) electrons. The number of nitrogens with zero attached hydrogens (tertiary/aromatic N) is 4. The molecule has 0 unspecified atom stereocenters. The second-order valence-electron chi connectivity index (χ2n) is 7.22. The molecule has 0 aliphatic heterocycles. The number of hydrogen-bond acceptors (Lipinski definition) is 5. The van der Waals surface area contributed by atoms with Crippen LogP contribution in [0.5, 0.6) is 0 Å². The molecular weight excluding hydrogens is 423 g/mol. The molecule has 0 aliphatic carbocycles. The molecule has 0 spiro atoms. The summed E-state index contributed by atoms with van der Waals surface area (Å²) in [7, 11) is 0. The summed E-state index contributed by atoms with van der Waals surface area (Å²) in [6.45, 7) is 1.93. The minimum absolute atomic E-state index is 0.0763. The van der Waals surface area contributed by atoms with Gasteiger partial charge in [-0.3, -0.25) is 9.59 Å². The summed E-state index contributed by atoms with van der Waals surface area (Å²) in [6.07, 6.45) is 0.919. The lowest BCUT2D eigenvalue weighted by atomic mass is 10.1. The molecular formula is C24H21FN6O2. The Balaban J connectivity index is 1.46. The number of rotatable bonds is 7. The number of benzene rings is 3. The van der Waals surface area contributed by atoms with Gasteiger partial charge in [0.15, 0.2) is 0 Å². The zero-order chi connectivity index (χ0) is 23.2. The molecule has 166 valence electrons. The molecule has 0 saturated carbocycles. The van der Waals surface area contributed by atoms with Crippen molar-refractivity contribution in [2.75, 3.05) is 10.6 Å². The van der Waals surface area contributed by atoms with Crippen LogP contribution in [0.2, 0.25) is 0 Å². The van der Waals surface area contributed by atoms with Gasteiger partial charge in [-0.15, -0.1) is 10.2 Å². The highest BCUT2D eigenvalue weighted by Gasteiger charge is 2.16. The third kappa shape index (κ3) is 5.27. The average Bonchev–Trinajstić information content (AvgIpc) is 3.28. The van der Waals surface area contributed by atoms with Crippen molar-refractivity contribution in [1.82, 2.24) is 20.2 Å². The largest absolute Gasteiger partial charge is 0.324 e. The highest BCUT2D eigenvalue weighted by Crippen LogP contribution is 2.25. The van der Waals surface area contributed by atoms with Crippen molar-refractivity contribution in [3.63, 3.8) is 0 Å². The SMILES string of the molecule is CCc1ccc(NC(=O)Cn2nnc(-c3ccccc3NC(=O)c3ccccc3F)n2)cc1. The summed E-state index contributed by atoms with van der Waals surface area (Å²) in [4.78, 5) is 26.0. The van der Waals surface area contributed by atoms with Crippen LogP contribution >= 0.6 is 0 Å². The number of aromatic nitrogens is 4. The third-order valence-electron chi connectivity index (χ3n) is 4.92. The fourth-order valence-corrected chi connectivity index (χ4v) is 3.19. The summed E-state index contributed by atoms with van der Waals surface area (Å²) in [5.41, 5.74) is 2.66. The van der Waals surface area contributed by atoms with Crippen molar-refractivity contribution in [3.05, 3.63) is 89.7 Å². The Morgan fingerprint density at radius 3 is 2.42 bits per heavy atom. The molecule has 1 aromatic heterocycles. The Kier molecular flexibility index (Phi) is 6.49. The average molecular weight is 444 g/mol. The van der Waals surface area contributed by atoms with Gasteiger partial charge in [-0.2, -0.15) is 4.80 Å². The van der Waals surface area contributed by atoms with E-state index in [2.05, 4.69) is 33.0 Å². The number of hydrogen-bond donors (Lipinski definition) is 2. The zero-order valence-electron chi connectivity index (χ0n) is 17.8. The molecule has 33 heavy (non-hydrogen) atoms. The van der Waals surface area contributed by atoms with Crippen LogP contribution in [0.1, 0.15) is 22.8 Å². The molecule has 0 fully saturated rings. The van der Waals surface area contributed by atoms with Crippen molar-refractivity contribution in [2.24, 2.45) is 0 Å². The molecule has 0 bridgehead atoms. The Morgan fingerprint density at radius 1 is 0.939 bits per heavy atom. The molecule has 3 aromatic carbocycles. The van der Waals surface area contributed by atoms with E-state index < -0.39 is 11.7 Å². The maximum Gasteiger partial charge on any atom is 0.258 e.